The maximum atomic E-state index is 11.8. The van der Waals surface area contributed by atoms with E-state index in [0.29, 0.717) is 12.0 Å². The minimum absolute atomic E-state index is 0.155. The Hall–Kier alpha value is -0.770. The molecule has 0 aromatic heterocycles. The third kappa shape index (κ3) is 4.87. The Kier molecular flexibility index (Phi) is 6.58. The third-order valence-electron chi connectivity index (χ3n) is 6.50. The zero-order valence-corrected chi connectivity index (χ0v) is 16.6. The molecule has 1 amide bonds. The number of nitrogens with zero attached hydrogens (tertiary/aromatic N) is 2. The summed E-state index contributed by atoms with van der Waals surface area (Å²) in [5, 5.41) is 0. The molecule has 1 saturated carbocycles. The highest BCUT2D eigenvalue weighted by molar-refractivity contribution is 5.67. The van der Waals surface area contributed by atoms with Crippen LogP contribution in [0.5, 0.6) is 0 Å². The Balaban J connectivity index is 1.81. The van der Waals surface area contributed by atoms with Crippen LogP contribution in [0.4, 0.5) is 4.79 Å². The number of piperazine rings is 1. The van der Waals surface area contributed by atoms with E-state index in [4.69, 9.17) is 4.74 Å². The highest BCUT2D eigenvalue weighted by Gasteiger charge is 2.36. The Labute approximate surface area is 148 Å². The predicted molar refractivity (Wildman–Crippen MR) is 99.2 cm³/mol. The lowest BCUT2D eigenvalue weighted by Gasteiger charge is -2.45. The van der Waals surface area contributed by atoms with Gasteiger partial charge in [0.1, 0.15) is 0 Å². The second kappa shape index (κ2) is 8.07. The van der Waals surface area contributed by atoms with E-state index in [2.05, 4.69) is 32.6 Å². The van der Waals surface area contributed by atoms with E-state index >= 15 is 0 Å². The molecule has 1 heterocycles. The molecule has 0 bridgehead atoms. The van der Waals surface area contributed by atoms with Crippen molar-refractivity contribution in [2.24, 2.45) is 11.3 Å². The predicted octanol–water partition coefficient (Wildman–Crippen LogP) is 4.54. The second-order valence-electron chi connectivity index (χ2n) is 8.96. The highest BCUT2D eigenvalue weighted by atomic mass is 16.6. The van der Waals surface area contributed by atoms with Crippen LogP contribution in [0.2, 0.25) is 0 Å². The number of hydrogen-bond acceptors (Lipinski definition) is 3. The molecule has 0 spiro atoms. The fourth-order valence-corrected chi connectivity index (χ4v) is 4.41. The fraction of sp³-hybridized carbons (Fsp3) is 0.950. The van der Waals surface area contributed by atoms with E-state index in [-0.39, 0.29) is 11.6 Å². The average Bonchev–Trinajstić information content (AvgIpc) is 3.09. The van der Waals surface area contributed by atoms with Crippen LogP contribution in [0.15, 0.2) is 0 Å². The molecule has 140 valence electrons. The Morgan fingerprint density at radius 2 is 1.58 bits per heavy atom. The van der Waals surface area contributed by atoms with Crippen LogP contribution < -0.4 is 0 Å². The topological polar surface area (TPSA) is 32.8 Å². The van der Waals surface area contributed by atoms with E-state index in [1.807, 2.05) is 11.8 Å². The third-order valence-corrected chi connectivity index (χ3v) is 6.50. The van der Waals surface area contributed by atoms with Gasteiger partial charge < -0.3 is 9.64 Å². The van der Waals surface area contributed by atoms with Crippen LogP contribution in [0.25, 0.3) is 0 Å². The number of ether oxygens (including phenoxy) is 1. The van der Waals surface area contributed by atoms with Crippen molar-refractivity contribution >= 4 is 6.09 Å². The number of rotatable bonds is 6. The molecule has 4 heteroatoms. The molecular formula is C20H38N2O2. The Bertz CT molecular complexity index is 406. The minimum Gasteiger partial charge on any atom is -0.450 e. The molecule has 4 nitrogen and oxygen atoms in total. The summed E-state index contributed by atoms with van der Waals surface area (Å²) in [7, 11) is 0. The van der Waals surface area contributed by atoms with Crippen LogP contribution >= 0.6 is 0 Å². The summed E-state index contributed by atoms with van der Waals surface area (Å²) >= 11 is 0. The van der Waals surface area contributed by atoms with Crippen molar-refractivity contribution < 1.29 is 9.53 Å². The van der Waals surface area contributed by atoms with Gasteiger partial charge in [0.15, 0.2) is 0 Å². The number of amides is 1. The van der Waals surface area contributed by atoms with Crippen molar-refractivity contribution in [2.45, 2.75) is 78.7 Å². The molecule has 0 radical (unpaired) electrons. The lowest BCUT2D eigenvalue weighted by Crippen LogP contribution is -2.56. The van der Waals surface area contributed by atoms with Gasteiger partial charge in [0.05, 0.1) is 6.61 Å². The van der Waals surface area contributed by atoms with Crippen molar-refractivity contribution in [2.75, 3.05) is 32.8 Å². The van der Waals surface area contributed by atoms with Gasteiger partial charge in [-0.15, -0.1) is 0 Å². The normalized spacial score (nSPS) is 21.3. The molecule has 0 atom stereocenters. The molecule has 1 saturated heterocycles. The molecule has 0 unspecified atom stereocenters. The number of hydrogen-bond donors (Lipinski definition) is 0. The smallest absolute Gasteiger partial charge is 0.409 e. The van der Waals surface area contributed by atoms with Crippen LogP contribution in [0.3, 0.4) is 0 Å². The molecule has 24 heavy (non-hydrogen) atoms. The summed E-state index contributed by atoms with van der Waals surface area (Å²) in [5.41, 5.74) is 0.664. The van der Waals surface area contributed by atoms with Crippen LogP contribution in [-0.2, 0) is 4.74 Å². The van der Waals surface area contributed by atoms with Gasteiger partial charge in [0, 0.05) is 31.7 Å². The Morgan fingerprint density at radius 3 is 2.12 bits per heavy atom. The van der Waals surface area contributed by atoms with Gasteiger partial charge in [-0.25, -0.2) is 4.79 Å². The molecule has 1 aliphatic heterocycles. The molecule has 1 aliphatic carbocycles. The largest absolute Gasteiger partial charge is 0.450 e. The summed E-state index contributed by atoms with van der Waals surface area (Å²) in [6, 6.07) is 0. The molecular weight excluding hydrogens is 300 g/mol. The van der Waals surface area contributed by atoms with Crippen LogP contribution in [0, 0.1) is 11.3 Å². The van der Waals surface area contributed by atoms with Crippen LogP contribution in [0.1, 0.15) is 73.1 Å². The summed E-state index contributed by atoms with van der Waals surface area (Å²) < 4.78 is 5.12. The van der Waals surface area contributed by atoms with Gasteiger partial charge in [-0.1, -0.05) is 26.7 Å². The summed E-state index contributed by atoms with van der Waals surface area (Å²) in [4.78, 5) is 16.3. The SMILES string of the molecule is CCOC(=O)N1CCN(C(C)(C)CCC(C)(C)C2CCCC2)CC1. The molecule has 2 fully saturated rings. The van der Waals surface area contributed by atoms with Gasteiger partial charge in [-0.2, -0.15) is 0 Å². The maximum absolute atomic E-state index is 11.8. The monoisotopic (exact) mass is 338 g/mol. The minimum atomic E-state index is -0.155. The molecule has 0 N–H and O–H groups in total. The molecule has 2 aliphatic rings. The first-order chi connectivity index (χ1) is 11.3. The van der Waals surface area contributed by atoms with Crippen molar-refractivity contribution in [3.05, 3.63) is 0 Å². The summed E-state index contributed by atoms with van der Waals surface area (Å²) in [5.74, 6) is 0.911. The van der Waals surface area contributed by atoms with Gasteiger partial charge in [0.2, 0.25) is 0 Å². The zero-order chi connectivity index (χ0) is 17.8. The number of carbonyl (C=O) groups excluding carboxylic acids is 1. The summed E-state index contributed by atoms with van der Waals surface area (Å²) in [6.45, 7) is 15.5. The van der Waals surface area contributed by atoms with E-state index in [1.165, 1.54) is 38.5 Å². The Morgan fingerprint density at radius 1 is 1.00 bits per heavy atom. The lowest BCUT2D eigenvalue weighted by molar-refractivity contribution is 0.0290. The van der Waals surface area contributed by atoms with E-state index in [1.54, 1.807) is 0 Å². The van der Waals surface area contributed by atoms with Crippen molar-refractivity contribution in [3.8, 4) is 0 Å². The van der Waals surface area contributed by atoms with Crippen LogP contribution in [-0.4, -0.2) is 54.2 Å². The quantitative estimate of drug-likeness (QED) is 0.713. The van der Waals surface area contributed by atoms with E-state index in [9.17, 15) is 4.79 Å². The van der Waals surface area contributed by atoms with Gasteiger partial charge in [0.25, 0.3) is 0 Å². The summed E-state index contributed by atoms with van der Waals surface area (Å²) in [6.07, 6.45) is 8.06. The highest BCUT2D eigenvalue weighted by Crippen LogP contribution is 2.43. The van der Waals surface area contributed by atoms with E-state index in [0.717, 1.165) is 32.1 Å². The lowest BCUT2D eigenvalue weighted by atomic mass is 9.72. The fourth-order valence-electron chi connectivity index (χ4n) is 4.41. The van der Waals surface area contributed by atoms with Gasteiger partial charge >= 0.3 is 6.09 Å². The molecule has 2 rings (SSSR count). The van der Waals surface area contributed by atoms with Gasteiger partial charge in [-0.3, -0.25) is 4.90 Å². The maximum Gasteiger partial charge on any atom is 0.409 e. The first-order valence-corrected chi connectivity index (χ1v) is 9.93. The zero-order valence-electron chi connectivity index (χ0n) is 16.6. The first kappa shape index (κ1) is 19.6. The van der Waals surface area contributed by atoms with Crippen molar-refractivity contribution in [1.29, 1.82) is 0 Å². The van der Waals surface area contributed by atoms with E-state index < -0.39 is 0 Å². The van der Waals surface area contributed by atoms with Crippen molar-refractivity contribution in [3.63, 3.8) is 0 Å². The molecule has 0 aromatic rings. The second-order valence-corrected chi connectivity index (χ2v) is 8.96. The van der Waals surface area contributed by atoms with Crippen molar-refractivity contribution in [1.82, 2.24) is 9.80 Å². The number of carbonyl (C=O) groups is 1. The average molecular weight is 339 g/mol. The standard InChI is InChI=1S/C20H38N2O2/c1-6-24-18(23)21-13-15-22(16-14-21)20(4,5)12-11-19(2,3)17-9-7-8-10-17/h17H,6-16H2,1-5H3. The van der Waals surface area contributed by atoms with Gasteiger partial charge in [-0.05, 0) is 57.8 Å². The first-order valence-electron chi connectivity index (χ1n) is 9.93. The molecule has 0 aromatic carbocycles.